The summed E-state index contributed by atoms with van der Waals surface area (Å²) in [6.07, 6.45) is 1.86. The number of ether oxygens (including phenoxy) is 2. The highest BCUT2D eigenvalue weighted by Gasteiger charge is 2.53. The van der Waals surface area contributed by atoms with Crippen LogP contribution < -0.4 is 14.8 Å². The van der Waals surface area contributed by atoms with Gasteiger partial charge in [0.1, 0.15) is 11.5 Å². The van der Waals surface area contributed by atoms with Crippen LogP contribution in [-0.2, 0) is 9.59 Å². The summed E-state index contributed by atoms with van der Waals surface area (Å²) in [6.45, 7) is 0. The number of nitrogens with zero attached hydrogens (tertiary/aromatic N) is 1. The number of hydrogen-bond donors (Lipinski definition) is 1. The zero-order valence-electron chi connectivity index (χ0n) is 16.0. The van der Waals surface area contributed by atoms with E-state index in [1.807, 2.05) is 54.7 Å². The number of amides is 2. The summed E-state index contributed by atoms with van der Waals surface area (Å²) < 4.78 is 10.4. The van der Waals surface area contributed by atoms with Gasteiger partial charge in [-0.2, -0.15) is 0 Å². The molecule has 2 aromatic carbocycles. The third-order valence-corrected chi connectivity index (χ3v) is 5.58. The highest BCUT2D eigenvalue weighted by atomic mass is 16.5. The number of methoxy groups -OCH3 is 2. The fourth-order valence-corrected chi connectivity index (χ4v) is 4.03. The van der Waals surface area contributed by atoms with Crippen molar-refractivity contribution in [1.82, 2.24) is 10.2 Å². The van der Waals surface area contributed by atoms with Crippen molar-refractivity contribution in [3.05, 3.63) is 65.9 Å². The molecule has 4 rings (SSSR count). The molecule has 0 unspecified atom stereocenters. The molecule has 2 aliphatic heterocycles. The quantitative estimate of drug-likeness (QED) is 0.829. The van der Waals surface area contributed by atoms with Crippen LogP contribution in [0, 0.1) is 11.8 Å². The first kappa shape index (κ1) is 18.1. The summed E-state index contributed by atoms with van der Waals surface area (Å²) in [4.78, 5) is 27.1. The van der Waals surface area contributed by atoms with Crippen LogP contribution in [-0.4, -0.2) is 38.0 Å². The Kier molecular flexibility index (Phi) is 4.55. The van der Waals surface area contributed by atoms with E-state index in [1.165, 1.54) is 4.90 Å². The molecular formula is C22H22N2O4. The van der Waals surface area contributed by atoms with Gasteiger partial charge in [-0.05, 0) is 41.0 Å². The maximum absolute atomic E-state index is 12.9. The fourth-order valence-electron chi connectivity index (χ4n) is 4.03. The number of benzene rings is 2. The molecule has 0 bridgehead atoms. The SMILES string of the molecule is COc1ccc(C2=CN[C@H](c3ccc(OC)cc3)[C@@H]3C(=O)N(C)C(=O)[C@H]23)cc1. The van der Waals surface area contributed by atoms with Crippen molar-refractivity contribution in [2.24, 2.45) is 11.8 Å². The molecule has 0 radical (unpaired) electrons. The Balaban J connectivity index is 1.75. The Morgan fingerprint density at radius 3 is 2.00 bits per heavy atom. The molecule has 6 nitrogen and oxygen atoms in total. The molecule has 2 heterocycles. The number of fused-ring (bicyclic) bond motifs is 1. The second kappa shape index (κ2) is 7.03. The molecule has 3 atom stereocenters. The van der Waals surface area contributed by atoms with Gasteiger partial charge in [0.2, 0.25) is 11.8 Å². The topological polar surface area (TPSA) is 67.9 Å². The maximum atomic E-state index is 12.9. The number of hydrogen-bond acceptors (Lipinski definition) is 5. The van der Waals surface area contributed by atoms with Gasteiger partial charge in [-0.25, -0.2) is 0 Å². The van der Waals surface area contributed by atoms with E-state index in [9.17, 15) is 9.59 Å². The number of carbonyl (C=O) groups is 2. The molecule has 1 fully saturated rings. The molecule has 2 aliphatic rings. The molecule has 6 heteroatoms. The van der Waals surface area contributed by atoms with E-state index in [1.54, 1.807) is 21.3 Å². The monoisotopic (exact) mass is 378 g/mol. The van der Waals surface area contributed by atoms with Gasteiger partial charge in [0.25, 0.3) is 0 Å². The van der Waals surface area contributed by atoms with Gasteiger partial charge in [0, 0.05) is 13.2 Å². The number of rotatable bonds is 4. The lowest BCUT2D eigenvalue weighted by atomic mass is 9.76. The molecule has 1 N–H and O–H groups in total. The van der Waals surface area contributed by atoms with Crippen LogP contribution in [0.4, 0.5) is 0 Å². The highest BCUT2D eigenvalue weighted by molar-refractivity contribution is 6.11. The van der Waals surface area contributed by atoms with Gasteiger partial charge in [-0.1, -0.05) is 24.3 Å². The minimum Gasteiger partial charge on any atom is -0.497 e. The number of likely N-dealkylation sites (tertiary alicyclic amines) is 1. The van der Waals surface area contributed by atoms with Crippen LogP contribution in [0.3, 0.4) is 0 Å². The Labute approximate surface area is 163 Å². The molecule has 2 aromatic rings. The molecular weight excluding hydrogens is 356 g/mol. The van der Waals surface area contributed by atoms with Gasteiger partial charge < -0.3 is 14.8 Å². The summed E-state index contributed by atoms with van der Waals surface area (Å²) >= 11 is 0. The van der Waals surface area contributed by atoms with Gasteiger partial charge in [-0.15, -0.1) is 0 Å². The molecule has 0 aromatic heterocycles. The third-order valence-electron chi connectivity index (χ3n) is 5.58. The molecule has 1 saturated heterocycles. The van der Waals surface area contributed by atoms with Gasteiger partial charge >= 0.3 is 0 Å². The van der Waals surface area contributed by atoms with Crippen molar-refractivity contribution in [1.29, 1.82) is 0 Å². The van der Waals surface area contributed by atoms with E-state index in [0.29, 0.717) is 0 Å². The first-order valence-electron chi connectivity index (χ1n) is 9.11. The van der Waals surface area contributed by atoms with Gasteiger partial charge in [-0.3, -0.25) is 14.5 Å². The fraction of sp³-hybridized carbons (Fsp3) is 0.273. The van der Waals surface area contributed by atoms with Crippen molar-refractivity contribution in [3.8, 4) is 11.5 Å². The Hall–Kier alpha value is -3.28. The largest absolute Gasteiger partial charge is 0.497 e. The molecule has 144 valence electrons. The van der Waals surface area contributed by atoms with Crippen LogP contribution >= 0.6 is 0 Å². The Morgan fingerprint density at radius 1 is 0.857 bits per heavy atom. The van der Waals surface area contributed by atoms with Crippen LogP contribution in [0.15, 0.2) is 54.7 Å². The number of nitrogens with one attached hydrogen (secondary N) is 1. The van der Waals surface area contributed by atoms with Crippen molar-refractivity contribution in [3.63, 3.8) is 0 Å². The average molecular weight is 378 g/mol. The van der Waals surface area contributed by atoms with Crippen molar-refractivity contribution < 1.29 is 19.1 Å². The summed E-state index contributed by atoms with van der Waals surface area (Å²) in [5, 5.41) is 3.36. The molecule has 0 saturated carbocycles. The standard InChI is InChI=1S/C22H22N2O4/c1-24-21(25)18-17(13-4-8-15(27-2)9-5-13)12-23-20(19(18)22(24)26)14-6-10-16(28-3)11-7-14/h4-12,18-20,23H,1-3H3/t18-,19-,20-/m1/s1. The van der Waals surface area contributed by atoms with E-state index in [4.69, 9.17) is 9.47 Å². The van der Waals surface area contributed by atoms with E-state index in [2.05, 4.69) is 5.32 Å². The lowest BCUT2D eigenvalue weighted by Gasteiger charge is -2.32. The summed E-state index contributed by atoms with van der Waals surface area (Å²) in [7, 11) is 4.78. The summed E-state index contributed by atoms with van der Waals surface area (Å²) in [5.74, 6) is 0.148. The molecule has 0 spiro atoms. The van der Waals surface area contributed by atoms with E-state index < -0.39 is 11.8 Å². The zero-order valence-corrected chi connectivity index (χ0v) is 16.0. The number of imide groups is 1. The molecule has 2 amide bonds. The predicted octanol–water partition coefficient (Wildman–Crippen LogP) is 2.62. The van der Waals surface area contributed by atoms with Crippen LogP contribution in [0.2, 0.25) is 0 Å². The van der Waals surface area contributed by atoms with Gasteiger partial charge in [0.05, 0.1) is 32.1 Å². The second-order valence-electron chi connectivity index (χ2n) is 6.98. The van der Waals surface area contributed by atoms with E-state index in [0.717, 1.165) is 28.2 Å². The second-order valence-corrected chi connectivity index (χ2v) is 6.98. The van der Waals surface area contributed by atoms with Crippen LogP contribution in [0.25, 0.3) is 5.57 Å². The van der Waals surface area contributed by atoms with E-state index >= 15 is 0 Å². The minimum atomic E-state index is -0.515. The lowest BCUT2D eigenvalue weighted by Crippen LogP contribution is -2.37. The highest BCUT2D eigenvalue weighted by Crippen LogP contribution is 2.45. The first-order valence-corrected chi connectivity index (χ1v) is 9.11. The normalized spacial score (nSPS) is 23.8. The first-order chi connectivity index (χ1) is 13.5. The maximum Gasteiger partial charge on any atom is 0.237 e. The number of carbonyl (C=O) groups excluding carboxylic acids is 2. The van der Waals surface area contributed by atoms with Crippen LogP contribution in [0.5, 0.6) is 11.5 Å². The van der Waals surface area contributed by atoms with Crippen molar-refractivity contribution in [2.75, 3.05) is 21.3 Å². The predicted molar refractivity (Wildman–Crippen MR) is 105 cm³/mol. The Morgan fingerprint density at radius 2 is 1.43 bits per heavy atom. The minimum absolute atomic E-state index is 0.164. The van der Waals surface area contributed by atoms with Gasteiger partial charge in [0.15, 0.2) is 0 Å². The molecule has 0 aliphatic carbocycles. The van der Waals surface area contributed by atoms with E-state index in [-0.39, 0.29) is 17.9 Å². The summed E-state index contributed by atoms with van der Waals surface area (Å²) in [6, 6.07) is 14.8. The third kappa shape index (κ3) is 2.81. The van der Waals surface area contributed by atoms with Crippen molar-refractivity contribution >= 4 is 17.4 Å². The van der Waals surface area contributed by atoms with Crippen LogP contribution in [0.1, 0.15) is 17.2 Å². The Bertz CT molecular complexity index is 934. The van der Waals surface area contributed by atoms with Crippen molar-refractivity contribution in [2.45, 2.75) is 6.04 Å². The summed E-state index contributed by atoms with van der Waals surface area (Å²) in [5.41, 5.74) is 2.66. The lowest BCUT2D eigenvalue weighted by molar-refractivity contribution is -0.138. The zero-order chi connectivity index (χ0) is 19.8. The average Bonchev–Trinajstić information content (AvgIpc) is 2.98. The molecule has 28 heavy (non-hydrogen) atoms. The smallest absolute Gasteiger partial charge is 0.237 e.